The molecule has 1 fully saturated rings. The van der Waals surface area contributed by atoms with Crippen molar-refractivity contribution in [2.45, 2.75) is 79.1 Å². The van der Waals surface area contributed by atoms with Gasteiger partial charge in [-0.15, -0.1) is 0 Å². The zero-order valence-electron chi connectivity index (χ0n) is 16.6. The van der Waals surface area contributed by atoms with E-state index in [0.29, 0.717) is 0 Å². The summed E-state index contributed by atoms with van der Waals surface area (Å²) < 4.78 is 36.8. The molecule has 8 nitrogen and oxygen atoms in total. The van der Waals surface area contributed by atoms with Crippen LogP contribution in [0, 0.1) is 0 Å². The van der Waals surface area contributed by atoms with Crippen molar-refractivity contribution in [3.63, 3.8) is 0 Å². The maximum absolute atomic E-state index is 6.29. The van der Waals surface area contributed by atoms with E-state index >= 15 is 0 Å². The van der Waals surface area contributed by atoms with Crippen LogP contribution in [0.5, 0.6) is 0 Å². The molecule has 0 saturated carbocycles. The van der Waals surface area contributed by atoms with Gasteiger partial charge in [0, 0.05) is 12.1 Å². The molecule has 1 aliphatic heterocycles. The van der Waals surface area contributed by atoms with Crippen molar-refractivity contribution in [2.75, 3.05) is 0 Å². The lowest BCUT2D eigenvalue weighted by molar-refractivity contribution is -0.0565. The first-order valence-electron chi connectivity index (χ1n) is 8.34. The van der Waals surface area contributed by atoms with Crippen LogP contribution >= 0.6 is 0 Å². The fourth-order valence-corrected chi connectivity index (χ4v) is 20.3. The van der Waals surface area contributed by atoms with Crippen LogP contribution in [0.1, 0.15) is 27.7 Å². The Morgan fingerprint density at radius 3 is 1.17 bits per heavy atom. The highest BCUT2D eigenvalue weighted by atomic mass is 28.5. The van der Waals surface area contributed by atoms with Crippen LogP contribution in [0.4, 0.5) is 0 Å². The van der Waals surface area contributed by atoms with Crippen molar-refractivity contribution in [3.05, 3.63) is 0 Å². The first-order chi connectivity index (χ1) is 10.7. The highest BCUT2D eigenvalue weighted by Gasteiger charge is 2.60. The Morgan fingerprint density at radius 2 is 0.875 bits per heavy atom. The standard InChI is InChI=1S/C12H34N2O6Si4/c1-11(2)13-15-24(16-14-12(3)4)19-22(7,8)17-21(5,6)18-23(9,10)20-24/h11-14H,1-10H3. The number of rotatable bonds is 6. The third-order valence-electron chi connectivity index (χ3n) is 2.56. The SMILES string of the molecule is CC(C)NO[Si]1(ONC(C)C)O[Si](C)(C)O[Si](C)(C)O[Si](C)(C)O1. The minimum Gasteiger partial charge on any atom is -0.416 e. The molecule has 1 saturated heterocycles. The van der Waals surface area contributed by atoms with Gasteiger partial charge in [-0.05, 0) is 67.0 Å². The summed E-state index contributed by atoms with van der Waals surface area (Å²) in [6.45, 7) is 19.7. The van der Waals surface area contributed by atoms with E-state index < -0.39 is 34.7 Å². The number of hydrogen-bond donors (Lipinski definition) is 2. The van der Waals surface area contributed by atoms with Crippen LogP contribution in [0.3, 0.4) is 0 Å². The summed E-state index contributed by atoms with van der Waals surface area (Å²) in [6, 6.07) is 0.161. The molecule has 2 N–H and O–H groups in total. The number of hydroxylamine groups is 2. The predicted octanol–water partition coefficient (Wildman–Crippen LogP) is 2.47. The van der Waals surface area contributed by atoms with E-state index in [-0.39, 0.29) is 12.1 Å². The minimum atomic E-state index is -3.55. The molecule has 0 aliphatic carbocycles. The van der Waals surface area contributed by atoms with Crippen LogP contribution in [0.15, 0.2) is 0 Å². The predicted molar refractivity (Wildman–Crippen MR) is 101 cm³/mol. The van der Waals surface area contributed by atoms with Gasteiger partial charge in [0.1, 0.15) is 0 Å². The first kappa shape index (κ1) is 22.6. The lowest BCUT2D eigenvalue weighted by atomic mass is 10.4. The van der Waals surface area contributed by atoms with E-state index in [4.69, 9.17) is 25.5 Å². The minimum absolute atomic E-state index is 0.0804. The summed E-state index contributed by atoms with van der Waals surface area (Å²) in [6.07, 6.45) is 0. The van der Waals surface area contributed by atoms with Crippen LogP contribution in [-0.4, -0.2) is 46.8 Å². The molecule has 24 heavy (non-hydrogen) atoms. The van der Waals surface area contributed by atoms with Crippen LogP contribution in [0.2, 0.25) is 39.3 Å². The molecule has 12 heteroatoms. The monoisotopic (exact) mass is 414 g/mol. The van der Waals surface area contributed by atoms with Gasteiger partial charge in [0.15, 0.2) is 0 Å². The van der Waals surface area contributed by atoms with Gasteiger partial charge in [0.25, 0.3) is 0 Å². The summed E-state index contributed by atoms with van der Waals surface area (Å²) >= 11 is 0. The topological polar surface area (TPSA) is 79.4 Å². The van der Waals surface area contributed by atoms with E-state index in [1.807, 2.05) is 67.0 Å². The van der Waals surface area contributed by atoms with Crippen molar-refractivity contribution in [1.29, 1.82) is 0 Å². The Labute approximate surface area is 150 Å². The average Bonchev–Trinajstić information content (AvgIpc) is 2.28. The molecular formula is C12H34N2O6Si4. The lowest BCUT2D eigenvalue weighted by Crippen LogP contribution is -2.70. The van der Waals surface area contributed by atoms with Gasteiger partial charge >= 0.3 is 34.7 Å². The lowest BCUT2D eigenvalue weighted by Gasteiger charge is -2.46. The number of nitrogens with one attached hydrogen (secondary N) is 2. The third kappa shape index (κ3) is 7.84. The largest absolute Gasteiger partial charge is 0.696 e. The molecule has 0 amide bonds. The summed E-state index contributed by atoms with van der Waals surface area (Å²) in [5.74, 6) is 0. The Morgan fingerprint density at radius 1 is 0.583 bits per heavy atom. The normalized spacial score (nSPS) is 25.5. The highest BCUT2D eigenvalue weighted by molar-refractivity contribution is 6.90. The zero-order chi connectivity index (χ0) is 18.8. The maximum Gasteiger partial charge on any atom is 0.696 e. The Balaban J connectivity index is 3.15. The summed E-state index contributed by atoms with van der Waals surface area (Å²) in [4.78, 5) is 0. The van der Waals surface area contributed by atoms with Gasteiger partial charge in [-0.1, -0.05) is 0 Å². The van der Waals surface area contributed by atoms with Crippen molar-refractivity contribution in [3.8, 4) is 0 Å². The van der Waals surface area contributed by atoms with Crippen molar-refractivity contribution in [1.82, 2.24) is 11.0 Å². The Bertz CT molecular complexity index is 386. The molecule has 0 radical (unpaired) electrons. The molecule has 1 rings (SSSR count). The van der Waals surface area contributed by atoms with E-state index in [0.717, 1.165) is 0 Å². The molecule has 0 unspecified atom stereocenters. The first-order valence-corrected chi connectivity index (χ1v) is 18.4. The van der Waals surface area contributed by atoms with Crippen molar-refractivity contribution in [2.24, 2.45) is 0 Å². The van der Waals surface area contributed by atoms with Gasteiger partial charge in [0.2, 0.25) is 0 Å². The second-order valence-corrected chi connectivity index (χ2v) is 20.9. The zero-order valence-corrected chi connectivity index (χ0v) is 20.6. The van der Waals surface area contributed by atoms with Gasteiger partial charge in [0.05, 0.1) is 0 Å². The smallest absolute Gasteiger partial charge is 0.416 e. The second-order valence-electron chi connectivity index (χ2n) is 7.86. The molecular weight excluding hydrogens is 380 g/mol. The van der Waals surface area contributed by atoms with E-state index in [1.54, 1.807) is 0 Å². The fraction of sp³-hybridized carbons (Fsp3) is 1.00. The molecule has 1 heterocycles. The molecule has 144 valence electrons. The van der Waals surface area contributed by atoms with Gasteiger partial charge in [-0.25, -0.2) is 11.0 Å². The van der Waals surface area contributed by atoms with E-state index in [2.05, 4.69) is 11.0 Å². The maximum atomic E-state index is 6.29. The average molecular weight is 415 g/mol. The van der Waals surface area contributed by atoms with Gasteiger partial charge in [-0.3, -0.25) is 9.05 Å². The van der Waals surface area contributed by atoms with Crippen LogP contribution < -0.4 is 11.0 Å². The van der Waals surface area contributed by atoms with Crippen molar-refractivity contribution < 1.29 is 25.5 Å². The van der Waals surface area contributed by atoms with Crippen LogP contribution in [0.25, 0.3) is 0 Å². The quantitative estimate of drug-likeness (QED) is 0.507. The molecule has 0 aromatic heterocycles. The summed E-state index contributed by atoms with van der Waals surface area (Å²) in [5, 5.41) is 0. The molecule has 0 bridgehead atoms. The van der Waals surface area contributed by atoms with E-state index in [1.165, 1.54) is 0 Å². The highest BCUT2D eigenvalue weighted by Crippen LogP contribution is 2.31. The molecule has 0 aromatic rings. The molecule has 0 atom stereocenters. The number of hydrogen-bond acceptors (Lipinski definition) is 8. The molecule has 0 aromatic carbocycles. The van der Waals surface area contributed by atoms with Crippen molar-refractivity contribution >= 4 is 34.7 Å². The Kier molecular flexibility index (Phi) is 7.58. The Hall–Kier alpha value is 0.548. The van der Waals surface area contributed by atoms with Gasteiger partial charge in [-0.2, -0.15) is 0 Å². The van der Waals surface area contributed by atoms with Crippen LogP contribution in [-0.2, 0) is 25.5 Å². The van der Waals surface area contributed by atoms with E-state index in [9.17, 15) is 0 Å². The second kappa shape index (κ2) is 8.06. The summed E-state index contributed by atoms with van der Waals surface area (Å²) in [5.41, 5.74) is 5.83. The van der Waals surface area contributed by atoms with Gasteiger partial charge < -0.3 is 16.5 Å². The third-order valence-corrected chi connectivity index (χ3v) is 17.1. The fourth-order valence-electron chi connectivity index (χ4n) is 2.35. The molecule has 1 aliphatic rings. The summed E-state index contributed by atoms with van der Waals surface area (Å²) in [7, 11) is -11.1. The molecule has 0 spiro atoms.